The fraction of sp³-hybridized carbons (Fsp3) is 0.259. The minimum Gasteiger partial charge on any atom is -0.497 e. The highest BCUT2D eigenvalue weighted by Crippen LogP contribution is 2.34. The van der Waals surface area contributed by atoms with Gasteiger partial charge in [-0.3, -0.25) is 9.69 Å². The van der Waals surface area contributed by atoms with Crippen LogP contribution in [0.15, 0.2) is 77.7 Å². The largest absolute Gasteiger partial charge is 0.497 e. The van der Waals surface area contributed by atoms with Gasteiger partial charge in [0.25, 0.3) is 0 Å². The van der Waals surface area contributed by atoms with Crippen LogP contribution < -0.4 is 9.64 Å². The van der Waals surface area contributed by atoms with Crippen LogP contribution in [0.25, 0.3) is 10.2 Å². The number of carbonyl (C=O) groups excluding carboxylic acids is 1. The van der Waals surface area contributed by atoms with Crippen LogP contribution in [-0.4, -0.2) is 43.8 Å². The van der Waals surface area contributed by atoms with Crippen molar-refractivity contribution in [3.8, 4) is 5.75 Å². The van der Waals surface area contributed by atoms with Crippen LogP contribution in [0.4, 0.5) is 9.52 Å². The Morgan fingerprint density at radius 3 is 2.41 bits per heavy atom. The zero-order chi connectivity index (χ0) is 26.0. The molecule has 0 spiro atoms. The van der Waals surface area contributed by atoms with Crippen LogP contribution in [0, 0.1) is 11.7 Å². The highest BCUT2D eigenvalue weighted by atomic mass is 32.2. The number of methoxy groups -OCH3 is 1. The van der Waals surface area contributed by atoms with Crippen LogP contribution in [0.2, 0.25) is 0 Å². The predicted octanol–water partition coefficient (Wildman–Crippen LogP) is 5.08. The van der Waals surface area contributed by atoms with Gasteiger partial charge >= 0.3 is 0 Å². The number of aromatic nitrogens is 1. The molecule has 192 valence electrons. The van der Waals surface area contributed by atoms with Gasteiger partial charge in [-0.25, -0.2) is 17.8 Å². The van der Waals surface area contributed by atoms with E-state index in [9.17, 15) is 17.6 Å². The first-order chi connectivity index (χ1) is 17.9. The summed E-state index contributed by atoms with van der Waals surface area (Å²) in [5.74, 6) is -0.353. The number of amides is 1. The molecule has 1 aliphatic rings. The molecule has 0 unspecified atom stereocenters. The molecule has 1 aliphatic heterocycles. The average Bonchev–Trinajstić information content (AvgIpc) is 3.37. The molecule has 5 rings (SSSR count). The maximum atomic E-state index is 14.4. The average molecular weight is 540 g/mol. The number of fused-ring (bicyclic) bond motifs is 1. The molecular weight excluding hydrogens is 513 g/mol. The monoisotopic (exact) mass is 539 g/mol. The first kappa shape index (κ1) is 25.3. The van der Waals surface area contributed by atoms with E-state index in [1.54, 1.807) is 29.2 Å². The standard InChI is InChI=1S/C27H26FN3O4S2/c1-35-21-10-12-22(13-11-21)37(33,34)30-16-14-20(15-17-30)26(32)31(18-19-6-3-2-4-7-19)27-29-25-23(28)8-5-9-24(25)36-27/h2-13,20H,14-18H2,1H3. The smallest absolute Gasteiger partial charge is 0.243 e. The summed E-state index contributed by atoms with van der Waals surface area (Å²) in [5.41, 5.74) is 1.17. The van der Waals surface area contributed by atoms with E-state index in [0.29, 0.717) is 35.0 Å². The highest BCUT2D eigenvalue weighted by Gasteiger charge is 2.35. The number of para-hydroxylation sites is 1. The van der Waals surface area contributed by atoms with Crippen molar-refractivity contribution in [3.63, 3.8) is 0 Å². The maximum Gasteiger partial charge on any atom is 0.243 e. The normalized spacial score (nSPS) is 15.1. The molecule has 0 radical (unpaired) electrons. The number of carbonyl (C=O) groups is 1. The van der Waals surface area contributed by atoms with Gasteiger partial charge in [0.2, 0.25) is 15.9 Å². The number of ether oxygens (including phenoxy) is 1. The second-order valence-corrected chi connectivity index (χ2v) is 11.8. The first-order valence-electron chi connectivity index (χ1n) is 11.9. The quantitative estimate of drug-likeness (QED) is 0.327. The number of nitrogens with zero attached hydrogens (tertiary/aromatic N) is 3. The van der Waals surface area contributed by atoms with Gasteiger partial charge in [0.15, 0.2) is 5.13 Å². The molecule has 0 saturated carbocycles. The van der Waals surface area contributed by atoms with Crippen LogP contribution in [0.3, 0.4) is 0 Å². The Morgan fingerprint density at radius 1 is 1.05 bits per heavy atom. The van der Waals surface area contributed by atoms with Crippen LogP contribution in [0.5, 0.6) is 5.75 Å². The van der Waals surface area contributed by atoms with Gasteiger partial charge in [0.1, 0.15) is 17.1 Å². The summed E-state index contributed by atoms with van der Waals surface area (Å²) < 4.78 is 47.8. The zero-order valence-corrected chi connectivity index (χ0v) is 21.8. The topological polar surface area (TPSA) is 79.8 Å². The summed E-state index contributed by atoms with van der Waals surface area (Å²) >= 11 is 1.27. The van der Waals surface area contributed by atoms with E-state index in [1.165, 1.54) is 41.0 Å². The number of anilines is 1. The molecule has 1 aromatic heterocycles. The summed E-state index contributed by atoms with van der Waals surface area (Å²) in [7, 11) is -2.15. The molecule has 10 heteroatoms. The van der Waals surface area contributed by atoms with Crippen LogP contribution in [0.1, 0.15) is 18.4 Å². The zero-order valence-electron chi connectivity index (χ0n) is 20.2. The summed E-state index contributed by atoms with van der Waals surface area (Å²) in [6.07, 6.45) is 0.775. The van der Waals surface area contributed by atoms with Crippen molar-refractivity contribution in [1.29, 1.82) is 0 Å². The number of benzene rings is 3. The van der Waals surface area contributed by atoms with E-state index in [2.05, 4.69) is 4.98 Å². The number of hydrogen-bond donors (Lipinski definition) is 0. The van der Waals surface area contributed by atoms with Crippen molar-refractivity contribution in [2.45, 2.75) is 24.3 Å². The van der Waals surface area contributed by atoms with Crippen molar-refractivity contribution in [3.05, 3.63) is 84.2 Å². The van der Waals surface area contributed by atoms with Gasteiger partial charge < -0.3 is 4.74 Å². The molecule has 2 heterocycles. The molecule has 7 nitrogen and oxygen atoms in total. The Balaban J connectivity index is 1.36. The second-order valence-electron chi connectivity index (χ2n) is 8.85. The van der Waals surface area contributed by atoms with Crippen molar-refractivity contribution >= 4 is 42.6 Å². The molecular formula is C27H26FN3O4S2. The fourth-order valence-corrected chi connectivity index (χ4v) is 6.94. The molecule has 4 aromatic rings. The van der Waals surface area contributed by atoms with Crippen LogP contribution >= 0.6 is 11.3 Å². The van der Waals surface area contributed by atoms with Gasteiger partial charge in [0, 0.05) is 19.0 Å². The molecule has 3 aromatic carbocycles. The Hall–Kier alpha value is -3.34. The molecule has 1 saturated heterocycles. The third kappa shape index (κ3) is 5.22. The Kier molecular flexibility index (Phi) is 7.23. The fourth-order valence-electron chi connectivity index (χ4n) is 4.48. The SMILES string of the molecule is COc1ccc(S(=O)(=O)N2CCC(C(=O)N(Cc3ccccc3)c3nc4c(F)cccc4s3)CC2)cc1. The molecule has 0 N–H and O–H groups in total. The van der Waals surface area contributed by atoms with E-state index >= 15 is 0 Å². The van der Waals surface area contributed by atoms with E-state index in [-0.39, 0.29) is 35.3 Å². The molecule has 37 heavy (non-hydrogen) atoms. The van der Waals surface area contributed by atoms with Gasteiger partial charge in [0.05, 0.1) is 23.2 Å². The van der Waals surface area contributed by atoms with Crippen molar-refractivity contribution < 1.29 is 22.3 Å². The van der Waals surface area contributed by atoms with Gasteiger partial charge in [-0.1, -0.05) is 47.7 Å². The molecule has 0 bridgehead atoms. The molecule has 0 atom stereocenters. The Bertz CT molecular complexity index is 1500. The maximum absolute atomic E-state index is 14.4. The third-order valence-corrected chi connectivity index (χ3v) is 9.50. The number of sulfonamides is 1. The highest BCUT2D eigenvalue weighted by molar-refractivity contribution is 7.89. The van der Waals surface area contributed by atoms with Gasteiger partial charge in [-0.15, -0.1) is 0 Å². The van der Waals surface area contributed by atoms with E-state index in [4.69, 9.17) is 4.74 Å². The van der Waals surface area contributed by atoms with E-state index in [1.807, 2.05) is 30.3 Å². The summed E-state index contributed by atoms with van der Waals surface area (Å²) in [4.78, 5) is 20.0. The number of halogens is 1. The molecule has 0 aliphatic carbocycles. The number of rotatable bonds is 7. The molecule has 1 fully saturated rings. The Morgan fingerprint density at radius 2 is 1.76 bits per heavy atom. The van der Waals surface area contributed by atoms with Gasteiger partial charge in [-0.05, 0) is 54.8 Å². The lowest BCUT2D eigenvalue weighted by atomic mass is 9.96. The first-order valence-corrected chi connectivity index (χ1v) is 14.2. The Labute approximate surface area is 219 Å². The predicted molar refractivity (Wildman–Crippen MR) is 142 cm³/mol. The second kappa shape index (κ2) is 10.6. The van der Waals surface area contributed by atoms with E-state index in [0.717, 1.165) is 5.56 Å². The van der Waals surface area contributed by atoms with Crippen LogP contribution in [-0.2, 0) is 21.4 Å². The van der Waals surface area contributed by atoms with Crippen molar-refractivity contribution in [2.75, 3.05) is 25.1 Å². The van der Waals surface area contributed by atoms with Crippen molar-refractivity contribution in [2.24, 2.45) is 5.92 Å². The lowest BCUT2D eigenvalue weighted by Gasteiger charge is -2.33. The number of thiazole rings is 1. The van der Waals surface area contributed by atoms with Gasteiger partial charge in [-0.2, -0.15) is 4.31 Å². The lowest BCUT2D eigenvalue weighted by molar-refractivity contribution is -0.123. The summed E-state index contributed by atoms with van der Waals surface area (Å²) in [6, 6.07) is 20.6. The lowest BCUT2D eigenvalue weighted by Crippen LogP contribution is -2.44. The minimum absolute atomic E-state index is 0.134. The summed E-state index contributed by atoms with van der Waals surface area (Å²) in [5, 5.41) is 0.433. The van der Waals surface area contributed by atoms with Crippen molar-refractivity contribution in [1.82, 2.24) is 9.29 Å². The van der Waals surface area contributed by atoms with E-state index < -0.39 is 15.8 Å². The number of hydrogen-bond acceptors (Lipinski definition) is 6. The number of piperidine rings is 1. The third-order valence-electron chi connectivity index (χ3n) is 6.54. The minimum atomic E-state index is -3.68. The molecule has 1 amide bonds. The summed E-state index contributed by atoms with van der Waals surface area (Å²) in [6.45, 7) is 0.766.